The zero-order valence-corrected chi connectivity index (χ0v) is 31.6. The summed E-state index contributed by atoms with van der Waals surface area (Å²) in [7, 11) is 1.88. The van der Waals surface area contributed by atoms with Gasteiger partial charge in [-0.2, -0.15) is 0 Å². The van der Waals surface area contributed by atoms with Crippen LogP contribution in [0, 0.1) is 39.4 Å². The number of fused-ring (bicyclic) bond motifs is 5. The molecule has 1 aromatic carbocycles. The lowest BCUT2D eigenvalue weighted by molar-refractivity contribution is -0.193. The average molecular weight is 679 g/mol. The number of hydrogen-bond donors (Lipinski definition) is 5. The summed E-state index contributed by atoms with van der Waals surface area (Å²) < 4.78 is 5.76. The predicted octanol–water partition coefficient (Wildman–Crippen LogP) is 5.82. The van der Waals surface area contributed by atoms with E-state index < -0.39 is 17.6 Å². The van der Waals surface area contributed by atoms with Crippen LogP contribution in [-0.2, 0) is 20.9 Å². The molecule has 6 rings (SSSR count). The molecule has 0 radical (unpaired) electrons. The van der Waals surface area contributed by atoms with Crippen molar-refractivity contribution in [2.75, 3.05) is 13.6 Å². The molecule has 1 aromatic rings. The van der Waals surface area contributed by atoms with Gasteiger partial charge in [-0.05, 0) is 117 Å². The highest BCUT2D eigenvalue weighted by atomic mass is 16.6. The molecular formula is C41H62N2O6. The van der Waals surface area contributed by atoms with E-state index in [2.05, 4.69) is 58.2 Å². The molecule has 8 nitrogen and oxygen atoms in total. The van der Waals surface area contributed by atoms with Gasteiger partial charge in [0.15, 0.2) is 5.78 Å². The van der Waals surface area contributed by atoms with Crippen molar-refractivity contribution in [1.82, 2.24) is 10.6 Å². The Bertz CT molecular complexity index is 1530. The fourth-order valence-corrected chi connectivity index (χ4v) is 12.3. The largest absolute Gasteiger partial charge is 0.508 e. The average Bonchev–Trinajstić information content (AvgIpc) is 3.53. The monoisotopic (exact) mass is 678 g/mol. The number of carbonyl (C=O) groups is 2. The van der Waals surface area contributed by atoms with Crippen LogP contribution in [0.5, 0.6) is 5.75 Å². The van der Waals surface area contributed by atoms with E-state index in [0.717, 1.165) is 36.0 Å². The SMILES string of the molecule is CNCc1cc(O)cc([C@H]2C[C@@]3(C)[C@@H]([C@@H](NC[C@H](C)O)C[C@@]4(C)[C@H]3CCC3=C([C@H](C)C[C@@H](O)[C@@H]5OC5(C)C)C(=O)C[C@@]34C)C(C)(C)C2=O)c1. The zero-order valence-electron chi connectivity index (χ0n) is 31.6. The zero-order chi connectivity index (χ0) is 36.1. The van der Waals surface area contributed by atoms with Gasteiger partial charge in [0.25, 0.3) is 0 Å². The highest BCUT2D eigenvalue weighted by molar-refractivity contribution is 6.00. The molecule has 272 valence electrons. The van der Waals surface area contributed by atoms with Crippen LogP contribution in [-0.4, -0.2) is 70.4 Å². The van der Waals surface area contributed by atoms with E-state index in [0.29, 0.717) is 32.4 Å². The number of aromatic hydroxyl groups is 1. The summed E-state index contributed by atoms with van der Waals surface area (Å²) in [4.78, 5) is 28.8. The molecule has 0 unspecified atom stereocenters. The van der Waals surface area contributed by atoms with Gasteiger partial charge < -0.3 is 30.7 Å². The number of carbonyl (C=O) groups excluding carboxylic acids is 2. The van der Waals surface area contributed by atoms with Crippen LogP contribution in [0.15, 0.2) is 29.3 Å². The van der Waals surface area contributed by atoms with Crippen LogP contribution >= 0.6 is 0 Å². The lowest BCUT2D eigenvalue weighted by Gasteiger charge is -2.70. The van der Waals surface area contributed by atoms with E-state index in [-0.39, 0.29) is 75.0 Å². The molecule has 3 saturated carbocycles. The first-order chi connectivity index (χ1) is 22.7. The number of hydrogen-bond acceptors (Lipinski definition) is 8. The van der Waals surface area contributed by atoms with Gasteiger partial charge in [-0.15, -0.1) is 0 Å². The molecule has 49 heavy (non-hydrogen) atoms. The summed E-state index contributed by atoms with van der Waals surface area (Å²) in [6.45, 7) is 20.3. The third-order valence-electron chi connectivity index (χ3n) is 14.4. The summed E-state index contributed by atoms with van der Waals surface area (Å²) in [5, 5.41) is 39.2. The van der Waals surface area contributed by atoms with Gasteiger partial charge in [0.2, 0.25) is 0 Å². The second-order valence-electron chi connectivity index (χ2n) is 18.5. The van der Waals surface area contributed by atoms with Gasteiger partial charge in [0.05, 0.1) is 17.8 Å². The van der Waals surface area contributed by atoms with Crippen molar-refractivity contribution in [3.05, 3.63) is 40.5 Å². The molecule has 11 atom stereocenters. The van der Waals surface area contributed by atoms with Crippen LogP contribution in [0.3, 0.4) is 0 Å². The molecule has 5 N–H and O–H groups in total. The number of rotatable bonds is 10. The lowest BCUT2D eigenvalue weighted by Crippen LogP contribution is -2.69. The van der Waals surface area contributed by atoms with Crippen LogP contribution in [0.2, 0.25) is 0 Å². The van der Waals surface area contributed by atoms with E-state index in [1.165, 1.54) is 5.57 Å². The van der Waals surface area contributed by atoms with Crippen LogP contribution in [0.25, 0.3) is 0 Å². The quantitative estimate of drug-likeness (QED) is 0.196. The standard InChI is InChI=1S/C41H62N2O6/c1-22(13-30(46)36-38(5,6)49-36)33-28-11-12-32-39(7)17-27(25-14-24(21-42-10)15-26(45)16-25)35(48)37(3,4)34(39)29(43-20-23(2)44)18-41(32,9)40(28,8)19-31(33)47/h14-16,22-23,27,29-30,32,34,36,42-46H,11-13,17-21H2,1-10H3/t22-,23+,27-,29+,30-,32+,34+,36+,39-,40+,41+/m1/s1. The summed E-state index contributed by atoms with van der Waals surface area (Å²) in [5.41, 5.74) is 2.16. The second kappa shape index (κ2) is 12.3. The number of ether oxygens (including phenoxy) is 1. The maximum atomic E-state index is 14.7. The Morgan fingerprint density at radius 1 is 1.00 bits per heavy atom. The van der Waals surface area contributed by atoms with Gasteiger partial charge >= 0.3 is 0 Å². The van der Waals surface area contributed by atoms with E-state index in [1.807, 2.05) is 20.9 Å². The minimum Gasteiger partial charge on any atom is -0.508 e. The molecule has 8 heteroatoms. The fourth-order valence-electron chi connectivity index (χ4n) is 12.3. The van der Waals surface area contributed by atoms with Crippen molar-refractivity contribution in [1.29, 1.82) is 0 Å². The third kappa shape index (κ3) is 5.76. The topological polar surface area (TPSA) is 131 Å². The third-order valence-corrected chi connectivity index (χ3v) is 14.4. The molecule has 4 aliphatic carbocycles. The Kier molecular flexibility index (Phi) is 9.17. The smallest absolute Gasteiger partial charge is 0.159 e. The van der Waals surface area contributed by atoms with Crippen molar-refractivity contribution in [3.63, 3.8) is 0 Å². The Morgan fingerprint density at radius 2 is 1.67 bits per heavy atom. The number of benzene rings is 1. The van der Waals surface area contributed by atoms with Gasteiger partial charge in [-0.3, -0.25) is 9.59 Å². The first-order valence-electron chi connectivity index (χ1n) is 18.8. The molecule has 0 amide bonds. The molecule has 0 aromatic heterocycles. The number of phenols is 1. The molecule has 0 spiro atoms. The van der Waals surface area contributed by atoms with Crippen molar-refractivity contribution >= 4 is 11.6 Å². The van der Waals surface area contributed by atoms with Gasteiger partial charge in [0, 0.05) is 42.3 Å². The lowest BCUT2D eigenvalue weighted by atomic mass is 9.34. The van der Waals surface area contributed by atoms with Gasteiger partial charge in [0.1, 0.15) is 17.6 Å². The Balaban J connectivity index is 1.42. The van der Waals surface area contributed by atoms with E-state index >= 15 is 0 Å². The molecule has 0 bridgehead atoms. The molecule has 5 aliphatic rings. The number of epoxide rings is 1. The van der Waals surface area contributed by atoms with Crippen molar-refractivity contribution in [2.24, 2.45) is 39.4 Å². The number of ketones is 2. The fraction of sp³-hybridized carbons (Fsp3) is 0.756. The Hall–Kier alpha value is -2.10. The predicted molar refractivity (Wildman–Crippen MR) is 191 cm³/mol. The van der Waals surface area contributed by atoms with Crippen LogP contribution in [0.1, 0.15) is 118 Å². The van der Waals surface area contributed by atoms with E-state index in [1.54, 1.807) is 19.1 Å². The van der Waals surface area contributed by atoms with E-state index in [9.17, 15) is 24.9 Å². The Morgan fingerprint density at radius 3 is 2.29 bits per heavy atom. The normalized spacial score (nSPS) is 39.6. The summed E-state index contributed by atoms with van der Waals surface area (Å²) in [5.74, 6) is 0.448. The summed E-state index contributed by atoms with van der Waals surface area (Å²) >= 11 is 0. The number of allylic oxidation sites excluding steroid dienone is 2. The van der Waals surface area contributed by atoms with Gasteiger partial charge in [-0.1, -0.05) is 53.2 Å². The second-order valence-corrected chi connectivity index (χ2v) is 18.5. The maximum absolute atomic E-state index is 14.7. The maximum Gasteiger partial charge on any atom is 0.159 e. The number of Topliss-reactive ketones (excluding diaryl/α,β-unsaturated/α-hetero) is 2. The minimum absolute atomic E-state index is 0.0244. The first kappa shape index (κ1) is 36.7. The minimum atomic E-state index is -0.666. The van der Waals surface area contributed by atoms with Crippen molar-refractivity contribution in [3.8, 4) is 5.75 Å². The highest BCUT2D eigenvalue weighted by Crippen LogP contribution is 2.74. The van der Waals surface area contributed by atoms with Crippen LogP contribution < -0.4 is 10.6 Å². The van der Waals surface area contributed by atoms with Crippen molar-refractivity contribution < 1.29 is 29.6 Å². The highest BCUT2D eigenvalue weighted by Gasteiger charge is 2.71. The number of phenolic OH excluding ortho intramolecular Hbond substituents is 1. The molecule has 4 fully saturated rings. The summed E-state index contributed by atoms with van der Waals surface area (Å²) in [6, 6.07) is 5.59. The van der Waals surface area contributed by atoms with E-state index in [4.69, 9.17) is 4.74 Å². The van der Waals surface area contributed by atoms with Gasteiger partial charge in [-0.25, -0.2) is 0 Å². The number of aliphatic hydroxyl groups is 2. The van der Waals surface area contributed by atoms with Crippen molar-refractivity contribution in [2.45, 2.75) is 143 Å². The number of nitrogens with one attached hydrogen (secondary N) is 2. The molecule has 1 heterocycles. The first-order valence-corrected chi connectivity index (χ1v) is 18.8. The molecule has 1 saturated heterocycles. The number of aliphatic hydroxyl groups excluding tert-OH is 2. The molecular weight excluding hydrogens is 616 g/mol. The molecule has 1 aliphatic heterocycles. The summed E-state index contributed by atoms with van der Waals surface area (Å²) in [6.07, 6.45) is 2.89. The van der Waals surface area contributed by atoms with Crippen LogP contribution in [0.4, 0.5) is 0 Å². The Labute approximate surface area is 293 Å².